The van der Waals surface area contributed by atoms with Crippen LogP contribution in [0.5, 0.6) is 0 Å². The monoisotopic (exact) mass is 701 g/mol. The summed E-state index contributed by atoms with van der Waals surface area (Å²) in [5.41, 5.74) is 16.1. The van der Waals surface area contributed by atoms with Gasteiger partial charge in [-0.2, -0.15) is 0 Å². The second kappa shape index (κ2) is 13.6. The first-order valence-electron chi connectivity index (χ1n) is 18.7. The van der Waals surface area contributed by atoms with Crippen molar-refractivity contribution in [2.45, 2.75) is 5.41 Å². The van der Waals surface area contributed by atoms with Gasteiger partial charge >= 0.3 is 0 Å². The predicted octanol–water partition coefficient (Wildman–Crippen LogP) is 12.6. The van der Waals surface area contributed by atoms with Crippen LogP contribution in [-0.2, 0) is 5.41 Å². The van der Waals surface area contributed by atoms with Crippen molar-refractivity contribution in [3.05, 3.63) is 235 Å². The molecule has 3 nitrogen and oxygen atoms in total. The van der Waals surface area contributed by atoms with Gasteiger partial charge in [0.05, 0.1) is 16.8 Å². The van der Waals surface area contributed by atoms with Crippen molar-refractivity contribution >= 4 is 0 Å². The van der Waals surface area contributed by atoms with E-state index in [1.165, 1.54) is 33.4 Å². The van der Waals surface area contributed by atoms with Crippen molar-refractivity contribution in [3.8, 4) is 67.3 Å². The molecule has 0 saturated carbocycles. The summed E-state index contributed by atoms with van der Waals surface area (Å²) in [6, 6.07) is 71.3. The minimum atomic E-state index is -0.584. The van der Waals surface area contributed by atoms with Crippen LogP contribution in [0, 0.1) is 0 Å². The molecule has 2 aromatic heterocycles. The Morgan fingerprint density at radius 3 is 1.49 bits per heavy atom. The smallest absolute Gasteiger partial charge is 0.160 e. The Morgan fingerprint density at radius 2 is 0.836 bits per heavy atom. The second-order valence-electron chi connectivity index (χ2n) is 14.0. The predicted molar refractivity (Wildman–Crippen MR) is 224 cm³/mol. The topological polar surface area (TPSA) is 38.7 Å². The Bertz CT molecular complexity index is 2770. The van der Waals surface area contributed by atoms with Crippen LogP contribution in [0.4, 0.5) is 0 Å². The van der Waals surface area contributed by atoms with Gasteiger partial charge in [0.15, 0.2) is 5.82 Å². The summed E-state index contributed by atoms with van der Waals surface area (Å²) < 4.78 is 0. The first-order valence-corrected chi connectivity index (χ1v) is 18.7. The van der Waals surface area contributed by atoms with Crippen LogP contribution in [0.15, 0.2) is 213 Å². The highest BCUT2D eigenvalue weighted by atomic mass is 14.9. The van der Waals surface area contributed by atoms with Gasteiger partial charge in [0.25, 0.3) is 0 Å². The highest BCUT2D eigenvalue weighted by Gasteiger charge is 2.46. The summed E-state index contributed by atoms with van der Waals surface area (Å²) in [7, 11) is 0. The number of hydrogen-bond donors (Lipinski definition) is 0. The summed E-state index contributed by atoms with van der Waals surface area (Å²) in [6.45, 7) is 0. The molecule has 0 spiro atoms. The SMILES string of the molecule is c1ccc(-c2nc(-c3cccc(C4(c5cccc(-c6cccnc6)c5)c5ccccc5-c5ccccc54)c3)cc(-c3ccccc3-c3ccccc3)n2)cc1. The van der Waals surface area contributed by atoms with Gasteiger partial charge < -0.3 is 0 Å². The van der Waals surface area contributed by atoms with Crippen molar-refractivity contribution < 1.29 is 0 Å². The molecular formula is C52H35N3. The summed E-state index contributed by atoms with van der Waals surface area (Å²) in [4.78, 5) is 15.0. The molecule has 0 saturated heterocycles. The summed E-state index contributed by atoms with van der Waals surface area (Å²) in [5, 5.41) is 0. The maximum Gasteiger partial charge on any atom is 0.160 e. The third-order valence-electron chi connectivity index (χ3n) is 10.9. The fourth-order valence-electron chi connectivity index (χ4n) is 8.43. The lowest BCUT2D eigenvalue weighted by Gasteiger charge is -2.34. The van der Waals surface area contributed by atoms with E-state index in [4.69, 9.17) is 9.97 Å². The lowest BCUT2D eigenvalue weighted by Crippen LogP contribution is -2.28. The fourth-order valence-corrected chi connectivity index (χ4v) is 8.43. The van der Waals surface area contributed by atoms with E-state index in [-0.39, 0.29) is 0 Å². The summed E-state index contributed by atoms with van der Waals surface area (Å²) >= 11 is 0. The van der Waals surface area contributed by atoms with Crippen LogP contribution < -0.4 is 0 Å². The highest BCUT2D eigenvalue weighted by Crippen LogP contribution is 2.56. The molecular weight excluding hydrogens is 667 g/mol. The van der Waals surface area contributed by atoms with E-state index in [9.17, 15) is 0 Å². The largest absolute Gasteiger partial charge is 0.264 e. The van der Waals surface area contributed by atoms with Crippen LogP contribution in [0.3, 0.4) is 0 Å². The zero-order valence-electron chi connectivity index (χ0n) is 30.0. The van der Waals surface area contributed by atoms with E-state index in [1.807, 2.05) is 36.7 Å². The molecule has 55 heavy (non-hydrogen) atoms. The molecule has 2 heterocycles. The maximum atomic E-state index is 5.29. The third-order valence-corrected chi connectivity index (χ3v) is 10.9. The number of nitrogens with zero attached hydrogens (tertiary/aromatic N) is 3. The van der Waals surface area contributed by atoms with Gasteiger partial charge in [-0.3, -0.25) is 4.98 Å². The molecule has 0 unspecified atom stereocenters. The van der Waals surface area contributed by atoms with Crippen molar-refractivity contribution in [1.29, 1.82) is 0 Å². The minimum Gasteiger partial charge on any atom is -0.264 e. The molecule has 0 N–H and O–H groups in total. The summed E-state index contributed by atoms with van der Waals surface area (Å²) in [6.07, 6.45) is 3.77. The van der Waals surface area contributed by atoms with Gasteiger partial charge in [-0.05, 0) is 79.9 Å². The quantitative estimate of drug-likeness (QED) is 0.166. The highest BCUT2D eigenvalue weighted by molar-refractivity contribution is 5.88. The Balaban J connectivity index is 1.21. The lowest BCUT2D eigenvalue weighted by atomic mass is 9.67. The number of pyridine rings is 1. The van der Waals surface area contributed by atoms with Crippen LogP contribution in [-0.4, -0.2) is 15.0 Å². The van der Waals surface area contributed by atoms with E-state index in [1.54, 1.807) is 0 Å². The van der Waals surface area contributed by atoms with E-state index in [0.29, 0.717) is 5.82 Å². The van der Waals surface area contributed by atoms with E-state index in [0.717, 1.165) is 50.3 Å². The molecule has 0 aliphatic heterocycles. The number of hydrogen-bond acceptors (Lipinski definition) is 3. The molecule has 258 valence electrons. The Morgan fingerprint density at radius 1 is 0.327 bits per heavy atom. The van der Waals surface area contributed by atoms with Crippen LogP contribution in [0.2, 0.25) is 0 Å². The number of aromatic nitrogens is 3. The third kappa shape index (κ3) is 5.57. The minimum absolute atomic E-state index is 0.584. The van der Waals surface area contributed by atoms with Crippen LogP contribution >= 0.6 is 0 Å². The van der Waals surface area contributed by atoms with Crippen molar-refractivity contribution in [2.75, 3.05) is 0 Å². The number of rotatable bonds is 7. The molecule has 0 atom stereocenters. The van der Waals surface area contributed by atoms with Gasteiger partial charge in [0, 0.05) is 29.1 Å². The Hall–Kier alpha value is -7.23. The zero-order chi connectivity index (χ0) is 36.6. The second-order valence-corrected chi connectivity index (χ2v) is 14.0. The van der Waals surface area contributed by atoms with Crippen molar-refractivity contribution in [2.24, 2.45) is 0 Å². The average Bonchev–Trinajstić information content (AvgIpc) is 3.58. The normalized spacial score (nSPS) is 12.5. The molecule has 10 rings (SSSR count). The number of fused-ring (bicyclic) bond motifs is 3. The number of benzene rings is 7. The molecule has 0 fully saturated rings. The first kappa shape index (κ1) is 32.4. The zero-order valence-corrected chi connectivity index (χ0v) is 30.0. The Labute approximate surface area is 321 Å². The average molecular weight is 702 g/mol. The fraction of sp³-hybridized carbons (Fsp3) is 0.0192. The van der Waals surface area contributed by atoms with Gasteiger partial charge in [0.2, 0.25) is 0 Å². The van der Waals surface area contributed by atoms with Crippen LogP contribution in [0.1, 0.15) is 22.3 Å². The van der Waals surface area contributed by atoms with Gasteiger partial charge in [0.1, 0.15) is 0 Å². The molecule has 7 aromatic carbocycles. The van der Waals surface area contributed by atoms with Crippen molar-refractivity contribution in [3.63, 3.8) is 0 Å². The van der Waals surface area contributed by atoms with Gasteiger partial charge in [-0.15, -0.1) is 0 Å². The van der Waals surface area contributed by atoms with Gasteiger partial charge in [-0.25, -0.2) is 9.97 Å². The first-order chi connectivity index (χ1) is 27.3. The van der Waals surface area contributed by atoms with Crippen LogP contribution in [0.25, 0.3) is 67.3 Å². The molecule has 9 aromatic rings. The molecule has 1 aliphatic rings. The molecule has 1 aliphatic carbocycles. The van der Waals surface area contributed by atoms with E-state index < -0.39 is 5.41 Å². The standard InChI is InChI=1S/C52H35N3/c1-3-16-36(17-4-1)43-25-7-8-28-46(43)50-34-49(54-51(55-50)37-18-5-2-6-19-37)39-21-14-24-42(33-39)52(41-23-13-20-38(32-41)40-22-15-31-53-35-40)47-29-11-9-26-44(47)45-27-10-12-30-48(45)52/h1-35H. The molecule has 3 heteroatoms. The van der Waals surface area contributed by atoms with E-state index >= 15 is 0 Å². The van der Waals surface area contributed by atoms with Gasteiger partial charge in [-0.1, -0.05) is 176 Å². The Kier molecular flexibility index (Phi) is 8.04. The van der Waals surface area contributed by atoms with Crippen molar-refractivity contribution in [1.82, 2.24) is 15.0 Å². The van der Waals surface area contributed by atoms with E-state index in [2.05, 4.69) is 181 Å². The summed E-state index contributed by atoms with van der Waals surface area (Å²) in [5.74, 6) is 0.691. The lowest BCUT2D eigenvalue weighted by molar-refractivity contribution is 0.769. The molecule has 0 amide bonds. The molecule has 0 bridgehead atoms. The maximum absolute atomic E-state index is 5.29. The molecule has 0 radical (unpaired) electrons.